The summed E-state index contributed by atoms with van der Waals surface area (Å²) in [6.07, 6.45) is 3.79. The van der Waals surface area contributed by atoms with Crippen molar-refractivity contribution >= 4 is 11.6 Å². The molecular weight excluding hydrogens is 278 g/mol. The monoisotopic (exact) mass is 299 g/mol. The van der Waals surface area contributed by atoms with Crippen LogP contribution in [0.3, 0.4) is 0 Å². The van der Waals surface area contributed by atoms with E-state index in [0.29, 0.717) is 11.8 Å². The Hall–Kier alpha value is -1.31. The Morgan fingerprint density at radius 2 is 1.81 bits per heavy atom. The number of benzene rings is 2. The number of rotatable bonds is 5. The third-order valence-corrected chi connectivity index (χ3v) is 4.77. The van der Waals surface area contributed by atoms with Gasteiger partial charge in [-0.2, -0.15) is 0 Å². The van der Waals surface area contributed by atoms with Gasteiger partial charge in [0, 0.05) is 18.5 Å². The summed E-state index contributed by atoms with van der Waals surface area (Å²) in [7, 11) is 0. The second kappa shape index (κ2) is 7.11. The molecule has 2 aromatic carbocycles. The van der Waals surface area contributed by atoms with E-state index in [0.717, 1.165) is 6.54 Å². The summed E-state index contributed by atoms with van der Waals surface area (Å²) in [6, 6.07) is 19.6. The van der Waals surface area contributed by atoms with Crippen molar-refractivity contribution in [3.05, 3.63) is 71.3 Å². The quantitative estimate of drug-likeness (QED) is 0.791. The first-order valence-electron chi connectivity index (χ1n) is 7.80. The second-order valence-corrected chi connectivity index (χ2v) is 6.12. The minimum Gasteiger partial charge on any atom is -0.308 e. The van der Waals surface area contributed by atoms with Gasteiger partial charge in [-0.3, -0.25) is 0 Å². The number of halogens is 1. The molecule has 1 aliphatic carbocycles. The van der Waals surface area contributed by atoms with Crippen molar-refractivity contribution in [3.63, 3.8) is 0 Å². The lowest BCUT2D eigenvalue weighted by Crippen LogP contribution is -2.29. The van der Waals surface area contributed by atoms with Crippen LogP contribution in [0.1, 0.15) is 41.5 Å². The maximum absolute atomic E-state index is 6.16. The summed E-state index contributed by atoms with van der Waals surface area (Å²) in [4.78, 5) is 0. The topological polar surface area (TPSA) is 12.0 Å². The first-order chi connectivity index (χ1) is 10.4. The number of alkyl halides is 1. The van der Waals surface area contributed by atoms with Crippen LogP contribution in [-0.4, -0.2) is 12.4 Å². The highest BCUT2D eigenvalue weighted by molar-refractivity contribution is 6.18. The molecule has 21 heavy (non-hydrogen) atoms. The van der Waals surface area contributed by atoms with Crippen molar-refractivity contribution in [3.8, 4) is 0 Å². The Balaban J connectivity index is 1.68. The van der Waals surface area contributed by atoms with E-state index in [1.165, 1.54) is 36.0 Å². The van der Waals surface area contributed by atoms with Crippen LogP contribution in [0.2, 0.25) is 0 Å². The van der Waals surface area contributed by atoms with Gasteiger partial charge < -0.3 is 5.32 Å². The molecule has 0 radical (unpaired) electrons. The van der Waals surface area contributed by atoms with Crippen LogP contribution in [-0.2, 0) is 6.42 Å². The zero-order chi connectivity index (χ0) is 14.5. The van der Waals surface area contributed by atoms with Gasteiger partial charge in [-0.05, 0) is 41.9 Å². The molecule has 2 unspecified atom stereocenters. The Labute approximate surface area is 132 Å². The molecule has 0 heterocycles. The molecule has 1 aliphatic rings. The molecule has 1 nitrogen and oxygen atoms in total. The fraction of sp³-hybridized carbons (Fsp3) is 0.368. The number of nitrogens with one attached hydrogen (secondary N) is 1. The van der Waals surface area contributed by atoms with Crippen LogP contribution in [0.5, 0.6) is 0 Å². The molecule has 0 amide bonds. The lowest BCUT2D eigenvalue weighted by atomic mass is 9.82. The van der Waals surface area contributed by atoms with E-state index in [2.05, 4.69) is 53.8 Å². The zero-order valence-corrected chi connectivity index (χ0v) is 13.0. The third kappa shape index (κ3) is 3.48. The van der Waals surface area contributed by atoms with Crippen molar-refractivity contribution in [1.29, 1.82) is 0 Å². The molecular formula is C19H22ClN. The second-order valence-electron chi connectivity index (χ2n) is 5.81. The van der Waals surface area contributed by atoms with E-state index in [1.807, 2.05) is 6.07 Å². The van der Waals surface area contributed by atoms with Crippen molar-refractivity contribution in [2.75, 3.05) is 12.4 Å². The first-order valence-corrected chi connectivity index (χ1v) is 8.34. The SMILES string of the molecule is ClCC(NCC1CCCc2ccccc21)c1ccccc1. The Morgan fingerprint density at radius 1 is 1.05 bits per heavy atom. The van der Waals surface area contributed by atoms with Gasteiger partial charge in [0.1, 0.15) is 0 Å². The summed E-state index contributed by atoms with van der Waals surface area (Å²) >= 11 is 6.16. The fourth-order valence-electron chi connectivity index (χ4n) is 3.30. The summed E-state index contributed by atoms with van der Waals surface area (Å²) in [5.74, 6) is 1.22. The summed E-state index contributed by atoms with van der Waals surface area (Å²) in [5.41, 5.74) is 4.33. The Kier molecular flexibility index (Phi) is 4.95. The first kappa shape index (κ1) is 14.6. The van der Waals surface area contributed by atoms with Crippen LogP contribution < -0.4 is 5.32 Å². The van der Waals surface area contributed by atoms with E-state index < -0.39 is 0 Å². The molecule has 110 valence electrons. The van der Waals surface area contributed by atoms with Gasteiger partial charge in [-0.25, -0.2) is 0 Å². The number of aryl methyl sites for hydroxylation is 1. The van der Waals surface area contributed by atoms with Crippen molar-refractivity contribution < 1.29 is 0 Å². The Morgan fingerprint density at radius 3 is 2.62 bits per heavy atom. The molecule has 0 aliphatic heterocycles. The van der Waals surface area contributed by atoms with Gasteiger partial charge in [0.2, 0.25) is 0 Å². The maximum Gasteiger partial charge on any atom is 0.0457 e. The molecule has 0 saturated heterocycles. The highest BCUT2D eigenvalue weighted by atomic mass is 35.5. The minimum absolute atomic E-state index is 0.238. The fourth-order valence-corrected chi connectivity index (χ4v) is 3.59. The molecule has 3 rings (SSSR count). The van der Waals surface area contributed by atoms with E-state index in [-0.39, 0.29) is 6.04 Å². The molecule has 0 aromatic heterocycles. The van der Waals surface area contributed by atoms with Crippen LogP contribution in [0.25, 0.3) is 0 Å². The van der Waals surface area contributed by atoms with Crippen LogP contribution in [0, 0.1) is 0 Å². The van der Waals surface area contributed by atoms with Gasteiger partial charge >= 0.3 is 0 Å². The van der Waals surface area contributed by atoms with Gasteiger partial charge in [0.15, 0.2) is 0 Å². The van der Waals surface area contributed by atoms with Gasteiger partial charge in [0.25, 0.3) is 0 Å². The van der Waals surface area contributed by atoms with Crippen LogP contribution in [0.15, 0.2) is 54.6 Å². The summed E-state index contributed by atoms with van der Waals surface area (Å²) < 4.78 is 0. The normalized spacial score (nSPS) is 19.0. The van der Waals surface area contributed by atoms with Gasteiger partial charge in [-0.15, -0.1) is 11.6 Å². The molecule has 2 atom stereocenters. The highest BCUT2D eigenvalue weighted by Crippen LogP contribution is 2.31. The predicted octanol–water partition coefficient (Wildman–Crippen LogP) is 4.68. The summed E-state index contributed by atoms with van der Waals surface area (Å²) in [5, 5.41) is 3.66. The molecule has 0 saturated carbocycles. The van der Waals surface area contributed by atoms with Crippen molar-refractivity contribution in [2.45, 2.75) is 31.2 Å². The molecule has 0 fully saturated rings. The van der Waals surface area contributed by atoms with E-state index in [1.54, 1.807) is 0 Å². The molecule has 0 spiro atoms. The third-order valence-electron chi connectivity index (χ3n) is 4.46. The smallest absolute Gasteiger partial charge is 0.0457 e. The van der Waals surface area contributed by atoms with Crippen molar-refractivity contribution in [2.24, 2.45) is 0 Å². The van der Waals surface area contributed by atoms with E-state index in [9.17, 15) is 0 Å². The molecule has 2 aromatic rings. The van der Waals surface area contributed by atoms with Gasteiger partial charge in [-0.1, -0.05) is 54.6 Å². The van der Waals surface area contributed by atoms with Gasteiger partial charge in [0.05, 0.1) is 0 Å². The van der Waals surface area contributed by atoms with E-state index >= 15 is 0 Å². The zero-order valence-electron chi connectivity index (χ0n) is 12.3. The largest absolute Gasteiger partial charge is 0.308 e. The summed E-state index contributed by atoms with van der Waals surface area (Å²) in [6.45, 7) is 1.00. The highest BCUT2D eigenvalue weighted by Gasteiger charge is 2.20. The number of hydrogen-bond donors (Lipinski definition) is 1. The number of fused-ring (bicyclic) bond motifs is 1. The molecule has 1 N–H and O–H groups in total. The average molecular weight is 300 g/mol. The molecule has 0 bridgehead atoms. The predicted molar refractivity (Wildman–Crippen MR) is 90.0 cm³/mol. The maximum atomic E-state index is 6.16. The lowest BCUT2D eigenvalue weighted by molar-refractivity contribution is 0.475. The average Bonchev–Trinajstić information content (AvgIpc) is 2.56. The van der Waals surface area contributed by atoms with Crippen LogP contribution >= 0.6 is 11.6 Å². The van der Waals surface area contributed by atoms with E-state index in [4.69, 9.17) is 11.6 Å². The molecule has 2 heteroatoms. The Bertz CT molecular complexity index is 567. The number of hydrogen-bond acceptors (Lipinski definition) is 1. The van der Waals surface area contributed by atoms with Crippen LogP contribution in [0.4, 0.5) is 0 Å². The lowest BCUT2D eigenvalue weighted by Gasteiger charge is -2.27. The van der Waals surface area contributed by atoms with Crippen molar-refractivity contribution in [1.82, 2.24) is 5.32 Å². The minimum atomic E-state index is 0.238. The standard InChI is InChI=1S/C19H22ClN/c20-13-19(16-8-2-1-3-9-16)21-14-17-11-6-10-15-7-4-5-12-18(15)17/h1-5,7-9,12,17,19,21H,6,10-11,13-14H2.